The summed E-state index contributed by atoms with van der Waals surface area (Å²) in [7, 11) is 1.60. The van der Waals surface area contributed by atoms with Crippen LogP contribution >= 0.6 is 15.9 Å². The van der Waals surface area contributed by atoms with E-state index in [0.717, 1.165) is 10.2 Å². The van der Waals surface area contributed by atoms with Gasteiger partial charge in [0, 0.05) is 31.1 Å². The fourth-order valence-corrected chi connectivity index (χ4v) is 3.59. The zero-order valence-electron chi connectivity index (χ0n) is 14.6. The van der Waals surface area contributed by atoms with Gasteiger partial charge < -0.3 is 19.0 Å². The average molecular weight is 421 g/mol. The first kappa shape index (κ1) is 18.7. The van der Waals surface area contributed by atoms with E-state index in [-0.39, 0.29) is 24.2 Å². The average Bonchev–Trinajstić information content (AvgIpc) is 3.28. The summed E-state index contributed by atoms with van der Waals surface area (Å²) in [4.78, 5) is 28.9. The number of rotatable bonds is 7. The maximum Gasteiger partial charge on any atom is 0.228 e. The van der Waals surface area contributed by atoms with Crippen LogP contribution in [0.15, 0.2) is 51.6 Å². The Morgan fingerprint density at radius 1 is 1.35 bits per heavy atom. The Labute approximate surface area is 160 Å². The number of anilines is 1. The monoisotopic (exact) mass is 420 g/mol. The van der Waals surface area contributed by atoms with Crippen molar-refractivity contribution >= 4 is 33.4 Å². The predicted molar refractivity (Wildman–Crippen MR) is 101 cm³/mol. The van der Waals surface area contributed by atoms with Gasteiger partial charge in [0.15, 0.2) is 0 Å². The van der Waals surface area contributed by atoms with Gasteiger partial charge >= 0.3 is 0 Å². The lowest BCUT2D eigenvalue weighted by Crippen LogP contribution is -2.39. The number of methoxy groups -OCH3 is 1. The number of benzene rings is 1. The van der Waals surface area contributed by atoms with Crippen LogP contribution in [0.3, 0.4) is 0 Å². The van der Waals surface area contributed by atoms with Crippen LogP contribution in [0.1, 0.15) is 12.2 Å². The Hall–Kier alpha value is -2.12. The number of para-hydroxylation sites is 1. The van der Waals surface area contributed by atoms with E-state index in [0.29, 0.717) is 32.0 Å². The number of nitrogens with zero attached hydrogens (tertiary/aromatic N) is 2. The molecular formula is C19H21BrN2O4. The molecule has 0 spiro atoms. The van der Waals surface area contributed by atoms with Crippen molar-refractivity contribution in [3.63, 3.8) is 0 Å². The van der Waals surface area contributed by atoms with Crippen LogP contribution in [-0.2, 0) is 20.9 Å². The Morgan fingerprint density at radius 2 is 2.15 bits per heavy atom. The molecule has 1 fully saturated rings. The normalized spacial score (nSPS) is 16.9. The summed E-state index contributed by atoms with van der Waals surface area (Å²) < 4.78 is 11.3. The minimum atomic E-state index is -0.374. The zero-order valence-corrected chi connectivity index (χ0v) is 16.1. The highest BCUT2D eigenvalue weighted by molar-refractivity contribution is 9.10. The molecule has 138 valence electrons. The molecule has 2 amide bonds. The summed E-state index contributed by atoms with van der Waals surface area (Å²) in [5.74, 6) is 0.240. The number of furan rings is 1. The van der Waals surface area contributed by atoms with Crippen LogP contribution in [0, 0.1) is 5.92 Å². The molecule has 0 bridgehead atoms. The number of halogens is 1. The summed E-state index contributed by atoms with van der Waals surface area (Å²) in [5.41, 5.74) is 0.794. The van der Waals surface area contributed by atoms with Crippen molar-refractivity contribution in [2.24, 2.45) is 5.92 Å². The number of ether oxygens (including phenoxy) is 1. The second-order valence-corrected chi connectivity index (χ2v) is 7.04. The number of carbonyl (C=O) groups excluding carboxylic acids is 2. The van der Waals surface area contributed by atoms with Crippen molar-refractivity contribution < 1.29 is 18.7 Å². The van der Waals surface area contributed by atoms with E-state index >= 15 is 0 Å². The molecule has 26 heavy (non-hydrogen) atoms. The topological polar surface area (TPSA) is 63.0 Å². The maximum absolute atomic E-state index is 13.0. The molecule has 0 aliphatic carbocycles. The van der Waals surface area contributed by atoms with Gasteiger partial charge in [0.05, 0.1) is 31.0 Å². The quantitative estimate of drug-likeness (QED) is 0.690. The standard InChI is InChI=1S/C19H21BrN2O4/c1-25-10-8-21(13-15-5-4-9-26-15)19(24)14-11-18(23)22(12-14)17-7-3-2-6-16(17)20/h2-7,9,14H,8,10-13H2,1H3. The van der Waals surface area contributed by atoms with Crippen molar-refractivity contribution in [1.82, 2.24) is 4.90 Å². The first-order valence-corrected chi connectivity index (χ1v) is 9.24. The SMILES string of the molecule is COCCN(Cc1ccco1)C(=O)C1CC(=O)N(c2ccccc2Br)C1. The fraction of sp³-hybridized carbons (Fsp3) is 0.368. The molecule has 7 heteroatoms. The third-order valence-electron chi connectivity index (χ3n) is 4.42. The molecule has 1 aromatic heterocycles. The molecule has 1 unspecified atom stereocenters. The molecule has 2 aromatic rings. The molecule has 0 N–H and O–H groups in total. The third kappa shape index (κ3) is 4.16. The molecule has 1 atom stereocenters. The zero-order chi connectivity index (χ0) is 18.5. The van der Waals surface area contributed by atoms with E-state index in [1.807, 2.05) is 30.3 Å². The van der Waals surface area contributed by atoms with Crippen LogP contribution in [0.25, 0.3) is 0 Å². The number of hydrogen-bond donors (Lipinski definition) is 0. The van der Waals surface area contributed by atoms with Crippen molar-refractivity contribution in [2.45, 2.75) is 13.0 Å². The van der Waals surface area contributed by atoms with Gasteiger partial charge in [0.1, 0.15) is 5.76 Å². The Balaban J connectivity index is 1.73. The third-order valence-corrected chi connectivity index (χ3v) is 5.09. The molecule has 0 radical (unpaired) electrons. The summed E-state index contributed by atoms with van der Waals surface area (Å²) in [6.45, 7) is 1.63. The van der Waals surface area contributed by atoms with Crippen molar-refractivity contribution in [3.8, 4) is 0 Å². The molecule has 1 saturated heterocycles. The highest BCUT2D eigenvalue weighted by Gasteiger charge is 2.37. The first-order chi connectivity index (χ1) is 12.6. The van der Waals surface area contributed by atoms with Gasteiger partial charge in [0.2, 0.25) is 11.8 Å². The van der Waals surface area contributed by atoms with Gasteiger partial charge in [-0.05, 0) is 40.2 Å². The number of amides is 2. The largest absolute Gasteiger partial charge is 0.467 e. The first-order valence-electron chi connectivity index (χ1n) is 8.45. The van der Waals surface area contributed by atoms with Gasteiger partial charge in [-0.1, -0.05) is 12.1 Å². The van der Waals surface area contributed by atoms with Crippen molar-refractivity contribution in [3.05, 3.63) is 52.9 Å². The van der Waals surface area contributed by atoms with Gasteiger partial charge in [-0.3, -0.25) is 9.59 Å². The van der Waals surface area contributed by atoms with Crippen LogP contribution in [0.4, 0.5) is 5.69 Å². The van der Waals surface area contributed by atoms with E-state index in [1.54, 1.807) is 29.2 Å². The summed E-state index contributed by atoms with van der Waals surface area (Å²) in [5, 5.41) is 0. The molecule has 0 saturated carbocycles. The highest BCUT2D eigenvalue weighted by Crippen LogP contribution is 2.32. The maximum atomic E-state index is 13.0. The second-order valence-electron chi connectivity index (χ2n) is 6.19. The van der Waals surface area contributed by atoms with E-state index in [9.17, 15) is 9.59 Å². The van der Waals surface area contributed by atoms with Crippen LogP contribution in [-0.4, -0.2) is 43.5 Å². The highest BCUT2D eigenvalue weighted by atomic mass is 79.9. The van der Waals surface area contributed by atoms with E-state index < -0.39 is 0 Å². The minimum absolute atomic E-state index is 0.0417. The lowest BCUT2D eigenvalue weighted by Gasteiger charge is -2.24. The van der Waals surface area contributed by atoms with Gasteiger partial charge in [-0.25, -0.2) is 0 Å². The predicted octanol–water partition coefficient (Wildman–Crippen LogP) is 3.07. The smallest absolute Gasteiger partial charge is 0.228 e. The minimum Gasteiger partial charge on any atom is -0.467 e. The number of carbonyl (C=O) groups is 2. The lowest BCUT2D eigenvalue weighted by molar-refractivity contribution is -0.137. The van der Waals surface area contributed by atoms with Gasteiger partial charge in [-0.15, -0.1) is 0 Å². The molecular weight excluding hydrogens is 400 g/mol. The van der Waals surface area contributed by atoms with Crippen molar-refractivity contribution in [1.29, 1.82) is 0 Å². The molecule has 3 rings (SSSR count). The van der Waals surface area contributed by atoms with E-state index in [4.69, 9.17) is 9.15 Å². The fourth-order valence-electron chi connectivity index (χ4n) is 3.09. The molecule has 1 aromatic carbocycles. The number of hydrogen-bond acceptors (Lipinski definition) is 4. The van der Waals surface area contributed by atoms with Crippen molar-refractivity contribution in [2.75, 3.05) is 31.7 Å². The van der Waals surface area contributed by atoms with Crippen LogP contribution in [0.2, 0.25) is 0 Å². The summed E-state index contributed by atoms with van der Waals surface area (Å²) in [6, 6.07) is 11.2. The van der Waals surface area contributed by atoms with Crippen LogP contribution < -0.4 is 4.90 Å². The molecule has 1 aliphatic heterocycles. The van der Waals surface area contributed by atoms with Gasteiger partial charge in [0.25, 0.3) is 0 Å². The second kappa shape index (κ2) is 8.51. The Morgan fingerprint density at radius 3 is 2.85 bits per heavy atom. The molecule has 6 nitrogen and oxygen atoms in total. The summed E-state index contributed by atoms with van der Waals surface area (Å²) in [6.07, 6.45) is 1.80. The Bertz CT molecular complexity index is 763. The van der Waals surface area contributed by atoms with Gasteiger partial charge in [-0.2, -0.15) is 0 Å². The Kier molecular flexibility index (Phi) is 6.11. The molecule has 1 aliphatic rings. The molecule has 2 heterocycles. The van der Waals surface area contributed by atoms with Crippen LogP contribution in [0.5, 0.6) is 0 Å². The van der Waals surface area contributed by atoms with E-state index in [1.165, 1.54) is 0 Å². The summed E-state index contributed by atoms with van der Waals surface area (Å²) >= 11 is 3.48. The lowest BCUT2D eigenvalue weighted by atomic mass is 10.1. The van der Waals surface area contributed by atoms with E-state index in [2.05, 4.69) is 15.9 Å².